The van der Waals surface area contributed by atoms with Gasteiger partial charge in [0, 0.05) is 63.8 Å². The summed E-state index contributed by atoms with van der Waals surface area (Å²) in [5.74, 6) is 0.261. The Labute approximate surface area is 205 Å². The number of hydrogen-bond acceptors (Lipinski definition) is 4. The van der Waals surface area contributed by atoms with Gasteiger partial charge in [0.1, 0.15) is 5.75 Å². The molecule has 0 heterocycles. The third-order valence-corrected chi connectivity index (χ3v) is 2.98. The Morgan fingerprint density at radius 2 is 1.46 bits per heavy atom. The van der Waals surface area contributed by atoms with Crippen LogP contribution in [-0.4, -0.2) is 20.9 Å². The molecule has 2 aromatic carbocycles. The third kappa shape index (κ3) is 14.8. The van der Waals surface area contributed by atoms with E-state index in [2.05, 4.69) is 6.92 Å². The minimum Gasteiger partial charge on any atom is -0.549 e. The Hall–Kier alpha value is -0.344. The summed E-state index contributed by atoms with van der Waals surface area (Å²) in [6.45, 7) is 8.82. The van der Waals surface area contributed by atoms with Gasteiger partial charge in [-0.1, -0.05) is 35.6 Å². The van der Waals surface area contributed by atoms with E-state index in [-0.39, 0.29) is 82.5 Å². The normalized spacial score (nSPS) is 8.08. The number of aliphatic hydroxyl groups is 1. The van der Waals surface area contributed by atoms with E-state index in [1.807, 2.05) is 29.7 Å². The summed E-state index contributed by atoms with van der Waals surface area (Å²) >= 11 is 0. The fourth-order valence-electron chi connectivity index (χ4n) is 1.68. The molecule has 0 aliphatic carbocycles. The Kier molecular flexibility index (Phi) is 24.8. The van der Waals surface area contributed by atoms with Crippen LogP contribution in [0.4, 0.5) is 5.69 Å². The first-order chi connectivity index (χ1) is 10.5. The number of anilines is 1. The van der Waals surface area contributed by atoms with Gasteiger partial charge in [-0.15, -0.1) is 0 Å². The van der Waals surface area contributed by atoms with Crippen molar-refractivity contribution in [3.63, 3.8) is 0 Å². The fraction of sp³-hybridized carbons (Fsp3) is 0.158. The summed E-state index contributed by atoms with van der Waals surface area (Å²) in [5.41, 5.74) is 4.89. The molecule has 0 aliphatic rings. The number of nitrogens with one attached hydrogen (secondary N) is 1. The van der Waals surface area contributed by atoms with Crippen molar-refractivity contribution in [2.75, 3.05) is 5.48 Å². The van der Waals surface area contributed by atoms with E-state index in [4.69, 9.17) is 22.0 Å². The van der Waals surface area contributed by atoms with Gasteiger partial charge in [0.05, 0.1) is 5.69 Å². The van der Waals surface area contributed by atoms with Gasteiger partial charge in [0.15, 0.2) is 0 Å². The molecule has 0 saturated heterocycles. The largest absolute Gasteiger partial charge is 0.549 e. The van der Waals surface area contributed by atoms with Crippen LogP contribution in [-0.2, 0) is 45.6 Å². The standard InChI is InChI=1S/C10H12NO2.C8H9O.CH3.H2O.U.Y/c1-8(12)2-3-9-4-6-10(11-13)7-5-9;1-2-7-3-5-8(9)6-4-7;;;;/h1,4-7,11-13H,2-3H2;3-6,9H,1-2H2;1H3;1H2;;/q3*-1;;;. The van der Waals surface area contributed by atoms with Gasteiger partial charge in [-0.05, 0) is 42.7 Å². The summed E-state index contributed by atoms with van der Waals surface area (Å²) < 4.78 is 0. The van der Waals surface area contributed by atoms with Crippen LogP contribution < -0.4 is 5.48 Å². The SMILES string of the molecule is O.[CH-]=C(O)CCc1ccc(NO)cc1.[CH2-]Cc1ccc(O)cc1.[CH3-].[U].[Y]. The number of hydrogen-bond donors (Lipinski definition) is 4. The molecule has 5 nitrogen and oxygen atoms in total. The zero-order valence-electron chi connectivity index (χ0n) is 14.9. The average molecular weight is 659 g/mol. The van der Waals surface area contributed by atoms with Crippen LogP contribution in [0.1, 0.15) is 17.5 Å². The van der Waals surface area contributed by atoms with Crippen molar-refractivity contribution in [1.29, 1.82) is 0 Å². The molecule has 2 rings (SSSR count). The van der Waals surface area contributed by atoms with E-state index in [0.717, 1.165) is 17.5 Å². The molecule has 0 fully saturated rings. The Bertz CT molecular complexity index is 577. The molecule has 0 saturated carbocycles. The first kappa shape index (κ1) is 33.3. The molecule has 0 unspecified atom stereocenters. The second-order valence-electron chi connectivity index (χ2n) is 4.72. The van der Waals surface area contributed by atoms with E-state index < -0.39 is 0 Å². The van der Waals surface area contributed by atoms with Crippen molar-refractivity contribution < 1.29 is 84.7 Å². The molecular formula is C19H26NO4UY-3. The number of benzene rings is 2. The van der Waals surface area contributed by atoms with Crippen LogP contribution in [0.25, 0.3) is 0 Å². The molecule has 0 aliphatic heterocycles. The number of aromatic hydroxyl groups is 1. The molecule has 6 N–H and O–H groups in total. The number of aliphatic hydroxyl groups excluding tert-OH is 1. The Balaban J connectivity index is -0.000000168. The third-order valence-electron chi connectivity index (χ3n) is 2.98. The molecule has 141 valence electrons. The van der Waals surface area contributed by atoms with Crippen molar-refractivity contribution in [1.82, 2.24) is 0 Å². The maximum Gasteiger partial charge on any atom is 0.115 e. The first-order valence-electron chi connectivity index (χ1n) is 6.91. The van der Waals surface area contributed by atoms with Crippen LogP contribution >= 0.6 is 0 Å². The van der Waals surface area contributed by atoms with Gasteiger partial charge in [-0.25, -0.2) is 0 Å². The van der Waals surface area contributed by atoms with E-state index in [1.54, 1.807) is 24.3 Å². The Morgan fingerprint density at radius 3 is 1.85 bits per heavy atom. The quantitative estimate of drug-likeness (QED) is 0.224. The number of rotatable bonds is 5. The Morgan fingerprint density at radius 1 is 1.00 bits per heavy atom. The van der Waals surface area contributed by atoms with E-state index in [9.17, 15) is 0 Å². The molecule has 0 aromatic heterocycles. The minimum absolute atomic E-state index is 0. The van der Waals surface area contributed by atoms with Crippen LogP contribution in [0.5, 0.6) is 5.75 Å². The molecule has 0 bridgehead atoms. The van der Waals surface area contributed by atoms with E-state index in [1.165, 1.54) is 0 Å². The topological polar surface area (TPSA) is 104 Å². The van der Waals surface area contributed by atoms with Crippen molar-refractivity contribution in [2.45, 2.75) is 19.3 Å². The number of allylic oxidation sites excluding steroid dienone is 1. The van der Waals surface area contributed by atoms with Crippen LogP contribution in [0.15, 0.2) is 54.3 Å². The van der Waals surface area contributed by atoms with Crippen molar-refractivity contribution in [3.05, 3.63) is 86.3 Å². The van der Waals surface area contributed by atoms with Gasteiger partial charge in [0.25, 0.3) is 0 Å². The molecule has 26 heavy (non-hydrogen) atoms. The van der Waals surface area contributed by atoms with Gasteiger partial charge in [0.2, 0.25) is 0 Å². The molecule has 7 heteroatoms. The second-order valence-corrected chi connectivity index (χ2v) is 4.72. The number of phenols is 1. The maximum absolute atomic E-state index is 8.83. The molecule has 0 spiro atoms. The summed E-state index contributed by atoms with van der Waals surface area (Å²) in [4.78, 5) is 0. The van der Waals surface area contributed by atoms with Gasteiger partial charge >= 0.3 is 0 Å². The predicted molar refractivity (Wildman–Crippen MR) is 97.8 cm³/mol. The fourth-order valence-corrected chi connectivity index (χ4v) is 1.68. The van der Waals surface area contributed by atoms with Gasteiger partial charge in [-0.2, -0.15) is 6.42 Å². The number of aryl methyl sites for hydroxylation is 1. The zero-order valence-corrected chi connectivity index (χ0v) is 21.9. The predicted octanol–water partition coefficient (Wildman–Crippen LogP) is 3.69. The average Bonchev–Trinajstić information content (AvgIpc) is 2.55. The molecular weight excluding hydrogens is 633 g/mol. The first-order valence-corrected chi connectivity index (χ1v) is 6.91. The minimum atomic E-state index is -0.0515. The molecule has 1 radical (unpaired) electrons. The summed E-state index contributed by atoms with van der Waals surface area (Å²) in [6.07, 6.45) is 1.94. The summed E-state index contributed by atoms with van der Waals surface area (Å²) in [5, 5.41) is 26.1. The van der Waals surface area contributed by atoms with Crippen molar-refractivity contribution in [3.8, 4) is 5.75 Å². The second kappa shape index (κ2) is 19.4. The monoisotopic (exact) mass is 659 g/mol. The molecule has 2 aromatic rings. The van der Waals surface area contributed by atoms with Crippen LogP contribution in [0.3, 0.4) is 0 Å². The van der Waals surface area contributed by atoms with E-state index >= 15 is 0 Å². The van der Waals surface area contributed by atoms with Crippen LogP contribution in [0, 0.1) is 52.0 Å². The van der Waals surface area contributed by atoms with Crippen molar-refractivity contribution >= 4 is 5.69 Å². The van der Waals surface area contributed by atoms with Crippen LogP contribution in [0.2, 0.25) is 0 Å². The molecule has 0 atom stereocenters. The summed E-state index contributed by atoms with van der Waals surface area (Å²) in [6, 6.07) is 14.3. The van der Waals surface area contributed by atoms with Gasteiger partial charge < -0.3 is 36.6 Å². The van der Waals surface area contributed by atoms with E-state index in [0.29, 0.717) is 24.3 Å². The van der Waals surface area contributed by atoms with Gasteiger partial charge in [-0.3, -0.25) is 10.7 Å². The molecule has 0 amide bonds. The summed E-state index contributed by atoms with van der Waals surface area (Å²) in [7, 11) is 0. The maximum atomic E-state index is 8.83. The smallest absolute Gasteiger partial charge is 0.115 e. The zero-order chi connectivity index (χ0) is 16.4. The van der Waals surface area contributed by atoms with Crippen molar-refractivity contribution in [2.24, 2.45) is 0 Å². The number of phenolic OH excluding ortho intramolecular Hbond substituents is 1.